The summed E-state index contributed by atoms with van der Waals surface area (Å²) in [4.78, 5) is 35.8. The second kappa shape index (κ2) is 9.97. The number of carboxylic acids is 1. The van der Waals surface area contributed by atoms with Crippen molar-refractivity contribution in [2.45, 2.75) is 49.9 Å². The maximum absolute atomic E-state index is 13.5. The van der Waals surface area contributed by atoms with Crippen LogP contribution in [0.2, 0.25) is 0 Å². The molecule has 3 N–H and O–H groups in total. The fourth-order valence-corrected chi connectivity index (χ4v) is 4.38. The van der Waals surface area contributed by atoms with Gasteiger partial charge in [0.2, 0.25) is 5.91 Å². The molecule has 1 saturated carbocycles. The first-order valence-corrected chi connectivity index (χ1v) is 11.3. The number of amides is 2. The number of alkyl carbamates (subject to hydrolysis) is 1. The Morgan fingerprint density at radius 2 is 1.54 bits per heavy atom. The third-order valence-corrected chi connectivity index (χ3v) is 6.32. The Balaban J connectivity index is 1.37. The zero-order valence-electron chi connectivity index (χ0n) is 18.7. The minimum absolute atomic E-state index is 0.147. The Labute approximate surface area is 199 Å². The number of carboxylic acid groups (broad SMARTS) is 1. The smallest absolute Gasteiger partial charge is 0.409 e. The number of carbonyl (C=O) groups excluding carboxylic acids is 2. The summed E-state index contributed by atoms with van der Waals surface area (Å²) in [5, 5.41) is 13.1. The largest absolute Gasteiger partial charge is 0.480 e. The van der Waals surface area contributed by atoms with Crippen LogP contribution in [0.5, 0.6) is 0 Å². The average molecular weight is 490 g/mol. The number of hydrogen-bond donors (Lipinski definition) is 3. The Bertz CT molecular complexity index is 1070. The van der Waals surface area contributed by atoms with Gasteiger partial charge in [0, 0.05) is 5.92 Å². The second-order valence-corrected chi connectivity index (χ2v) is 8.91. The first-order valence-electron chi connectivity index (χ1n) is 11.3. The maximum Gasteiger partial charge on any atom is 0.409 e. The molecule has 1 unspecified atom stereocenters. The molecule has 0 bridgehead atoms. The SMILES string of the molecule is O=C(CC(NC(=O)OCC1c2ccccc2-c2ccccc21)C(F)(F)F)N[C@@H](CC1CC1)C(=O)O. The first kappa shape index (κ1) is 24.6. The zero-order chi connectivity index (χ0) is 25.2. The number of nitrogens with one attached hydrogen (secondary N) is 2. The molecule has 2 atom stereocenters. The van der Waals surface area contributed by atoms with Crippen molar-refractivity contribution in [1.29, 1.82) is 0 Å². The van der Waals surface area contributed by atoms with Crippen LogP contribution in [-0.2, 0) is 14.3 Å². The van der Waals surface area contributed by atoms with Gasteiger partial charge in [-0.15, -0.1) is 0 Å². The van der Waals surface area contributed by atoms with E-state index in [0.29, 0.717) is 0 Å². The van der Waals surface area contributed by atoms with Gasteiger partial charge in [0.05, 0.1) is 6.42 Å². The van der Waals surface area contributed by atoms with Crippen molar-refractivity contribution in [3.8, 4) is 11.1 Å². The highest BCUT2D eigenvalue weighted by molar-refractivity contribution is 5.84. The van der Waals surface area contributed by atoms with Crippen molar-refractivity contribution in [3.63, 3.8) is 0 Å². The number of carbonyl (C=O) groups is 3. The van der Waals surface area contributed by atoms with Crippen molar-refractivity contribution >= 4 is 18.0 Å². The monoisotopic (exact) mass is 490 g/mol. The van der Waals surface area contributed by atoms with E-state index in [2.05, 4.69) is 5.32 Å². The molecule has 0 spiro atoms. The molecule has 0 saturated heterocycles. The Kier molecular flexibility index (Phi) is 7.00. The summed E-state index contributed by atoms with van der Waals surface area (Å²) in [6.45, 7) is -0.181. The van der Waals surface area contributed by atoms with Gasteiger partial charge in [-0.1, -0.05) is 61.4 Å². The minimum atomic E-state index is -4.93. The van der Waals surface area contributed by atoms with E-state index < -0.39 is 42.7 Å². The lowest BCUT2D eigenvalue weighted by molar-refractivity contribution is -0.161. The number of rotatable bonds is 9. The van der Waals surface area contributed by atoms with Crippen LogP contribution in [0.1, 0.15) is 42.7 Å². The van der Waals surface area contributed by atoms with Crippen molar-refractivity contribution in [2.24, 2.45) is 5.92 Å². The first-order chi connectivity index (χ1) is 16.6. The summed E-state index contributed by atoms with van der Waals surface area (Å²) in [7, 11) is 0. The highest BCUT2D eigenvalue weighted by Crippen LogP contribution is 2.44. The van der Waals surface area contributed by atoms with E-state index in [4.69, 9.17) is 4.74 Å². The quantitative estimate of drug-likeness (QED) is 0.488. The molecule has 4 rings (SSSR count). The zero-order valence-corrected chi connectivity index (χ0v) is 18.7. The summed E-state index contributed by atoms with van der Waals surface area (Å²) in [6.07, 6.45) is -5.57. The molecule has 0 heterocycles. The number of benzene rings is 2. The van der Waals surface area contributed by atoms with Crippen LogP contribution in [0.15, 0.2) is 48.5 Å². The van der Waals surface area contributed by atoms with E-state index in [9.17, 15) is 32.7 Å². The Morgan fingerprint density at radius 3 is 2.06 bits per heavy atom. The van der Waals surface area contributed by atoms with Crippen LogP contribution >= 0.6 is 0 Å². The predicted molar refractivity (Wildman–Crippen MR) is 120 cm³/mol. The summed E-state index contributed by atoms with van der Waals surface area (Å²) >= 11 is 0. The Hall–Kier alpha value is -3.56. The van der Waals surface area contributed by atoms with Gasteiger partial charge in [0.15, 0.2) is 0 Å². The molecule has 10 heteroatoms. The standard InChI is InChI=1S/C25H25F3N2O5/c26-25(27,28)21(12-22(31)29-20(23(32)33)11-14-9-10-14)30-24(34)35-13-19-17-7-3-1-5-15(17)16-6-2-4-8-18(16)19/h1-8,14,19-21H,9-13H2,(H,29,31)(H,30,34)(H,32,33)/t20-,21?/m0/s1. The van der Waals surface area contributed by atoms with Gasteiger partial charge in [0.25, 0.3) is 0 Å². The summed E-state index contributed by atoms with van der Waals surface area (Å²) in [5.74, 6) is -2.61. The minimum Gasteiger partial charge on any atom is -0.480 e. The fourth-order valence-electron chi connectivity index (χ4n) is 4.38. The van der Waals surface area contributed by atoms with Crippen LogP contribution < -0.4 is 10.6 Å². The normalized spacial score (nSPS) is 16.5. The highest BCUT2D eigenvalue weighted by Gasteiger charge is 2.43. The number of alkyl halides is 3. The van der Waals surface area contributed by atoms with Crippen molar-refractivity contribution in [3.05, 3.63) is 59.7 Å². The molecule has 0 radical (unpaired) electrons. The lowest BCUT2D eigenvalue weighted by Gasteiger charge is -2.23. The average Bonchev–Trinajstić information content (AvgIpc) is 3.57. The van der Waals surface area contributed by atoms with E-state index in [-0.39, 0.29) is 24.9 Å². The van der Waals surface area contributed by atoms with E-state index in [1.807, 2.05) is 48.5 Å². The molecule has 7 nitrogen and oxygen atoms in total. The van der Waals surface area contributed by atoms with Crippen molar-refractivity contribution in [1.82, 2.24) is 10.6 Å². The number of aliphatic carboxylic acids is 1. The van der Waals surface area contributed by atoms with Gasteiger partial charge < -0.3 is 20.5 Å². The molecule has 2 aromatic rings. The fraction of sp³-hybridized carbons (Fsp3) is 0.400. The van der Waals surface area contributed by atoms with Gasteiger partial charge in [0.1, 0.15) is 18.7 Å². The molecule has 1 fully saturated rings. The topological polar surface area (TPSA) is 105 Å². The van der Waals surface area contributed by atoms with Crippen LogP contribution in [-0.4, -0.2) is 47.9 Å². The third-order valence-electron chi connectivity index (χ3n) is 6.32. The molecule has 2 aliphatic carbocycles. The molecule has 35 heavy (non-hydrogen) atoms. The van der Waals surface area contributed by atoms with Crippen molar-refractivity contribution in [2.75, 3.05) is 6.61 Å². The van der Waals surface area contributed by atoms with E-state index in [1.165, 1.54) is 0 Å². The van der Waals surface area contributed by atoms with Gasteiger partial charge >= 0.3 is 18.2 Å². The van der Waals surface area contributed by atoms with E-state index in [0.717, 1.165) is 35.1 Å². The van der Waals surface area contributed by atoms with Gasteiger partial charge in [-0.2, -0.15) is 13.2 Å². The lowest BCUT2D eigenvalue weighted by atomic mass is 9.98. The number of hydrogen-bond acceptors (Lipinski definition) is 4. The van der Waals surface area contributed by atoms with Gasteiger partial charge in [-0.25, -0.2) is 9.59 Å². The Morgan fingerprint density at radius 1 is 0.971 bits per heavy atom. The van der Waals surface area contributed by atoms with Gasteiger partial charge in [-0.3, -0.25) is 4.79 Å². The van der Waals surface area contributed by atoms with Crippen LogP contribution in [0.3, 0.4) is 0 Å². The summed E-state index contributed by atoms with van der Waals surface area (Å²) in [6, 6.07) is 11.3. The van der Waals surface area contributed by atoms with E-state index in [1.54, 1.807) is 5.32 Å². The number of fused-ring (bicyclic) bond motifs is 3. The number of halogens is 3. The molecule has 2 aliphatic rings. The molecule has 186 valence electrons. The molecule has 2 amide bonds. The number of ether oxygens (including phenoxy) is 1. The van der Waals surface area contributed by atoms with Crippen LogP contribution in [0.25, 0.3) is 11.1 Å². The molecular weight excluding hydrogens is 465 g/mol. The molecule has 0 aliphatic heterocycles. The van der Waals surface area contributed by atoms with Crippen molar-refractivity contribution < 1.29 is 37.4 Å². The van der Waals surface area contributed by atoms with E-state index >= 15 is 0 Å². The summed E-state index contributed by atoms with van der Waals surface area (Å²) < 4.78 is 45.7. The van der Waals surface area contributed by atoms with Gasteiger partial charge in [-0.05, 0) is 34.6 Å². The second-order valence-electron chi connectivity index (χ2n) is 8.91. The highest BCUT2D eigenvalue weighted by atomic mass is 19.4. The molecule has 2 aromatic carbocycles. The predicted octanol–water partition coefficient (Wildman–Crippen LogP) is 4.22. The maximum atomic E-state index is 13.5. The molecular formula is C25H25F3N2O5. The van der Waals surface area contributed by atoms with Crippen LogP contribution in [0.4, 0.5) is 18.0 Å². The summed E-state index contributed by atoms with van der Waals surface area (Å²) in [5.41, 5.74) is 3.76. The molecule has 0 aromatic heterocycles. The van der Waals surface area contributed by atoms with Crippen LogP contribution in [0, 0.1) is 5.92 Å². The third kappa shape index (κ3) is 5.93. The lowest BCUT2D eigenvalue weighted by Crippen LogP contribution is -2.50.